The monoisotopic (exact) mass is 220 g/mol. The second-order valence-electron chi connectivity index (χ2n) is 4.36. The van der Waals surface area contributed by atoms with E-state index in [9.17, 15) is 0 Å². The summed E-state index contributed by atoms with van der Waals surface area (Å²) in [7, 11) is 0. The highest BCUT2D eigenvalue weighted by molar-refractivity contribution is 5.20. The van der Waals surface area contributed by atoms with E-state index in [-0.39, 0.29) is 0 Å². The summed E-state index contributed by atoms with van der Waals surface area (Å²) in [5, 5.41) is 0. The molecule has 0 bridgehead atoms. The molecule has 1 aliphatic rings. The first-order chi connectivity index (χ1) is 7.84. The summed E-state index contributed by atoms with van der Waals surface area (Å²) >= 11 is 0. The third-order valence-electron chi connectivity index (χ3n) is 2.96. The maximum absolute atomic E-state index is 5.93. The van der Waals surface area contributed by atoms with Gasteiger partial charge in [0, 0.05) is 19.1 Å². The molecule has 0 saturated carbocycles. The standard InChI is InChI=1S/C13H20N2O/c14-12-5-4-8-15(11-12)9-10-16-13-6-2-1-3-7-13/h1-3,6-7,12H,4-5,8-11,14H2. The number of para-hydroxylation sites is 1. The van der Waals surface area contributed by atoms with E-state index in [0.717, 1.165) is 38.4 Å². The fourth-order valence-electron chi connectivity index (χ4n) is 2.10. The van der Waals surface area contributed by atoms with Crippen LogP contribution in [0.15, 0.2) is 30.3 Å². The van der Waals surface area contributed by atoms with Gasteiger partial charge in [0.2, 0.25) is 0 Å². The lowest BCUT2D eigenvalue weighted by molar-refractivity contribution is 0.171. The lowest BCUT2D eigenvalue weighted by atomic mass is 10.1. The maximum Gasteiger partial charge on any atom is 0.119 e. The average molecular weight is 220 g/mol. The number of nitrogens with two attached hydrogens (primary N) is 1. The van der Waals surface area contributed by atoms with Gasteiger partial charge in [0.15, 0.2) is 0 Å². The molecule has 1 heterocycles. The molecule has 16 heavy (non-hydrogen) atoms. The third kappa shape index (κ3) is 3.51. The predicted octanol–water partition coefficient (Wildman–Crippen LogP) is 1.49. The van der Waals surface area contributed by atoms with Crippen LogP contribution in [-0.2, 0) is 0 Å². The van der Waals surface area contributed by atoms with Gasteiger partial charge in [0.25, 0.3) is 0 Å². The highest BCUT2D eigenvalue weighted by atomic mass is 16.5. The molecule has 1 aromatic carbocycles. The fourth-order valence-corrected chi connectivity index (χ4v) is 2.10. The molecule has 0 aromatic heterocycles. The van der Waals surface area contributed by atoms with E-state index < -0.39 is 0 Å². The molecule has 2 rings (SSSR count). The van der Waals surface area contributed by atoms with Crippen molar-refractivity contribution in [3.8, 4) is 5.75 Å². The molecule has 3 nitrogen and oxygen atoms in total. The molecule has 1 fully saturated rings. The van der Waals surface area contributed by atoms with Crippen LogP contribution in [0.4, 0.5) is 0 Å². The Morgan fingerprint density at radius 3 is 2.88 bits per heavy atom. The van der Waals surface area contributed by atoms with Gasteiger partial charge in [0.05, 0.1) is 0 Å². The first kappa shape index (κ1) is 11.4. The highest BCUT2D eigenvalue weighted by Gasteiger charge is 2.15. The van der Waals surface area contributed by atoms with Crippen molar-refractivity contribution in [1.29, 1.82) is 0 Å². The summed E-state index contributed by atoms with van der Waals surface area (Å²) in [5.41, 5.74) is 5.93. The number of rotatable bonds is 4. The summed E-state index contributed by atoms with van der Waals surface area (Å²) in [6.07, 6.45) is 2.38. The van der Waals surface area contributed by atoms with Gasteiger partial charge in [0.1, 0.15) is 12.4 Å². The minimum absolute atomic E-state index is 0.352. The Labute approximate surface area is 97.2 Å². The van der Waals surface area contributed by atoms with Gasteiger partial charge in [-0.25, -0.2) is 0 Å². The summed E-state index contributed by atoms with van der Waals surface area (Å²) in [6.45, 7) is 3.89. The summed E-state index contributed by atoms with van der Waals surface area (Å²) in [6, 6.07) is 10.3. The van der Waals surface area contributed by atoms with Crippen molar-refractivity contribution in [3.63, 3.8) is 0 Å². The molecular weight excluding hydrogens is 200 g/mol. The second kappa shape index (κ2) is 5.87. The zero-order valence-corrected chi connectivity index (χ0v) is 9.64. The van der Waals surface area contributed by atoms with Gasteiger partial charge in [-0.3, -0.25) is 4.90 Å². The van der Waals surface area contributed by atoms with Crippen molar-refractivity contribution in [2.75, 3.05) is 26.2 Å². The number of likely N-dealkylation sites (tertiary alicyclic amines) is 1. The zero-order chi connectivity index (χ0) is 11.2. The molecular formula is C13H20N2O. The van der Waals surface area contributed by atoms with Gasteiger partial charge in [-0.2, -0.15) is 0 Å². The largest absolute Gasteiger partial charge is 0.492 e. The summed E-state index contributed by atoms with van der Waals surface area (Å²) in [4.78, 5) is 2.39. The van der Waals surface area contributed by atoms with Crippen molar-refractivity contribution < 1.29 is 4.74 Å². The van der Waals surface area contributed by atoms with Crippen molar-refractivity contribution in [2.24, 2.45) is 5.73 Å². The normalized spacial score (nSPS) is 21.9. The molecule has 0 spiro atoms. The van der Waals surface area contributed by atoms with Gasteiger partial charge >= 0.3 is 0 Å². The minimum Gasteiger partial charge on any atom is -0.492 e. The number of piperidine rings is 1. The van der Waals surface area contributed by atoms with Crippen LogP contribution in [0.2, 0.25) is 0 Å². The van der Waals surface area contributed by atoms with E-state index in [1.807, 2.05) is 30.3 Å². The topological polar surface area (TPSA) is 38.5 Å². The van der Waals surface area contributed by atoms with Crippen LogP contribution in [0.5, 0.6) is 5.75 Å². The number of hydrogen-bond donors (Lipinski definition) is 1. The fraction of sp³-hybridized carbons (Fsp3) is 0.538. The molecule has 0 amide bonds. The van der Waals surface area contributed by atoms with Crippen molar-refractivity contribution in [2.45, 2.75) is 18.9 Å². The second-order valence-corrected chi connectivity index (χ2v) is 4.36. The zero-order valence-electron chi connectivity index (χ0n) is 9.64. The quantitative estimate of drug-likeness (QED) is 0.835. The first-order valence-corrected chi connectivity index (χ1v) is 6.00. The Morgan fingerprint density at radius 2 is 2.12 bits per heavy atom. The van der Waals surface area contributed by atoms with Crippen LogP contribution in [0, 0.1) is 0 Å². The average Bonchev–Trinajstić information content (AvgIpc) is 2.30. The van der Waals surface area contributed by atoms with E-state index in [1.54, 1.807) is 0 Å². The van der Waals surface area contributed by atoms with Crippen molar-refractivity contribution in [3.05, 3.63) is 30.3 Å². The van der Waals surface area contributed by atoms with E-state index in [4.69, 9.17) is 10.5 Å². The summed E-state index contributed by atoms with van der Waals surface area (Å²) in [5.74, 6) is 0.948. The Bertz CT molecular complexity index is 302. The molecule has 1 saturated heterocycles. The van der Waals surface area contributed by atoms with Crippen LogP contribution in [0.1, 0.15) is 12.8 Å². The molecule has 1 aromatic rings. The van der Waals surface area contributed by atoms with Crippen LogP contribution in [0.3, 0.4) is 0 Å². The van der Waals surface area contributed by atoms with Crippen LogP contribution in [0.25, 0.3) is 0 Å². The van der Waals surface area contributed by atoms with E-state index >= 15 is 0 Å². The van der Waals surface area contributed by atoms with Crippen LogP contribution < -0.4 is 10.5 Å². The molecule has 88 valence electrons. The molecule has 0 radical (unpaired) electrons. The lowest BCUT2D eigenvalue weighted by Gasteiger charge is -2.30. The van der Waals surface area contributed by atoms with Crippen LogP contribution in [-0.4, -0.2) is 37.2 Å². The number of benzene rings is 1. The molecule has 2 N–H and O–H groups in total. The first-order valence-electron chi connectivity index (χ1n) is 6.00. The third-order valence-corrected chi connectivity index (χ3v) is 2.96. The molecule has 1 unspecified atom stereocenters. The number of ether oxygens (including phenoxy) is 1. The van der Waals surface area contributed by atoms with Gasteiger partial charge in [-0.05, 0) is 31.5 Å². The van der Waals surface area contributed by atoms with E-state index in [0.29, 0.717) is 6.04 Å². The molecule has 1 aliphatic heterocycles. The van der Waals surface area contributed by atoms with Gasteiger partial charge in [-0.15, -0.1) is 0 Å². The SMILES string of the molecule is NC1CCCN(CCOc2ccccc2)C1. The van der Waals surface area contributed by atoms with Crippen molar-refractivity contribution in [1.82, 2.24) is 4.90 Å². The van der Waals surface area contributed by atoms with Crippen LogP contribution >= 0.6 is 0 Å². The Kier molecular flexibility index (Phi) is 4.19. The predicted molar refractivity (Wildman–Crippen MR) is 65.6 cm³/mol. The smallest absolute Gasteiger partial charge is 0.119 e. The highest BCUT2D eigenvalue weighted by Crippen LogP contribution is 2.10. The Morgan fingerprint density at radius 1 is 1.31 bits per heavy atom. The van der Waals surface area contributed by atoms with Gasteiger partial charge < -0.3 is 10.5 Å². The molecule has 1 atom stereocenters. The van der Waals surface area contributed by atoms with E-state index in [1.165, 1.54) is 6.42 Å². The Balaban J connectivity index is 1.68. The van der Waals surface area contributed by atoms with Gasteiger partial charge in [-0.1, -0.05) is 18.2 Å². The molecule has 3 heteroatoms. The van der Waals surface area contributed by atoms with Crippen molar-refractivity contribution >= 4 is 0 Å². The lowest BCUT2D eigenvalue weighted by Crippen LogP contribution is -2.44. The Hall–Kier alpha value is -1.06. The van der Waals surface area contributed by atoms with E-state index in [2.05, 4.69) is 4.90 Å². The number of nitrogens with zero attached hydrogens (tertiary/aromatic N) is 1. The summed E-state index contributed by atoms with van der Waals surface area (Å²) < 4.78 is 5.66. The molecule has 0 aliphatic carbocycles. The maximum atomic E-state index is 5.93. The number of hydrogen-bond acceptors (Lipinski definition) is 3. The minimum atomic E-state index is 0.352.